The molecule has 5 nitrogen and oxygen atoms in total. The fraction of sp³-hybridized carbons (Fsp3) is 0.176. The van der Waals surface area contributed by atoms with Crippen LogP contribution in [0.5, 0.6) is 0 Å². The van der Waals surface area contributed by atoms with E-state index < -0.39 is 20.5 Å². The number of rotatable bonds is 4. The third-order valence-corrected chi connectivity index (χ3v) is 7.48. The molecule has 130 valence electrons. The second-order valence-electron chi connectivity index (χ2n) is 5.91. The molecule has 0 radical (unpaired) electrons. The lowest BCUT2D eigenvalue weighted by molar-refractivity contribution is -0.117. The number of halogens is 1. The van der Waals surface area contributed by atoms with Gasteiger partial charge in [-0.15, -0.1) is 0 Å². The van der Waals surface area contributed by atoms with Gasteiger partial charge in [0.2, 0.25) is 5.91 Å². The van der Waals surface area contributed by atoms with Crippen molar-refractivity contribution in [2.75, 3.05) is 5.32 Å². The first-order valence-corrected chi connectivity index (χ1v) is 10.1. The first-order chi connectivity index (χ1) is 11.7. The molecule has 0 unspecified atom stereocenters. The fourth-order valence-corrected chi connectivity index (χ4v) is 4.57. The molecule has 0 bridgehead atoms. The highest BCUT2D eigenvalue weighted by Gasteiger charge is 2.43. The third kappa shape index (κ3) is 3.27. The summed E-state index contributed by atoms with van der Waals surface area (Å²) in [7, 11) is -3.90. The first kappa shape index (κ1) is 17.8. The summed E-state index contributed by atoms with van der Waals surface area (Å²) < 4.78 is 24.9. The monoisotopic (exact) mass is 394 g/mol. The number of benzene rings is 2. The minimum Gasteiger partial charge on any atom is -0.301 e. The Hall–Kier alpha value is -1.96. The number of aromatic nitrogens is 1. The molecule has 0 aliphatic rings. The predicted molar refractivity (Wildman–Crippen MR) is 101 cm³/mol. The van der Waals surface area contributed by atoms with Crippen LogP contribution in [0.15, 0.2) is 53.4 Å². The highest BCUT2D eigenvalue weighted by atomic mass is 35.5. The fourth-order valence-electron chi connectivity index (χ4n) is 2.20. The van der Waals surface area contributed by atoms with Gasteiger partial charge in [0.25, 0.3) is 0 Å². The minimum atomic E-state index is -3.90. The zero-order valence-corrected chi connectivity index (χ0v) is 15.9. The molecule has 3 aromatic rings. The molecule has 0 fully saturated rings. The summed E-state index contributed by atoms with van der Waals surface area (Å²) in [6.07, 6.45) is 0. The lowest BCUT2D eigenvalue weighted by atomic mass is 10.2. The molecule has 1 aromatic heterocycles. The van der Waals surface area contributed by atoms with E-state index >= 15 is 0 Å². The predicted octanol–water partition coefficient (Wildman–Crippen LogP) is 4.14. The van der Waals surface area contributed by atoms with Gasteiger partial charge in [-0.3, -0.25) is 4.79 Å². The van der Waals surface area contributed by atoms with E-state index in [2.05, 4.69) is 10.3 Å². The van der Waals surface area contributed by atoms with E-state index in [1.807, 2.05) is 24.3 Å². The molecule has 0 saturated carbocycles. The summed E-state index contributed by atoms with van der Waals surface area (Å²) in [5.74, 6) is -0.637. The normalized spacial score (nSPS) is 12.3. The van der Waals surface area contributed by atoms with Crippen LogP contribution in [-0.4, -0.2) is 24.1 Å². The van der Waals surface area contributed by atoms with Gasteiger partial charge < -0.3 is 5.32 Å². The van der Waals surface area contributed by atoms with Crippen LogP contribution < -0.4 is 5.32 Å². The molecule has 1 heterocycles. The number of nitrogens with zero attached hydrogens (tertiary/aromatic N) is 1. The van der Waals surface area contributed by atoms with Gasteiger partial charge in [0, 0.05) is 5.02 Å². The second kappa shape index (κ2) is 6.40. The molecular weight excluding hydrogens is 380 g/mol. The van der Waals surface area contributed by atoms with Gasteiger partial charge >= 0.3 is 0 Å². The number of thiazole rings is 1. The number of carbonyl (C=O) groups is 1. The molecule has 0 aliphatic heterocycles. The van der Waals surface area contributed by atoms with Gasteiger partial charge in [-0.1, -0.05) is 35.1 Å². The highest BCUT2D eigenvalue weighted by molar-refractivity contribution is 7.93. The van der Waals surface area contributed by atoms with Crippen molar-refractivity contribution >= 4 is 54.0 Å². The van der Waals surface area contributed by atoms with E-state index in [-0.39, 0.29) is 4.90 Å². The number of sulfone groups is 1. The van der Waals surface area contributed by atoms with Crippen molar-refractivity contribution in [2.24, 2.45) is 0 Å². The summed E-state index contributed by atoms with van der Waals surface area (Å²) in [5.41, 5.74) is 0.751. The molecule has 2 aromatic carbocycles. The number of fused-ring (bicyclic) bond motifs is 1. The Morgan fingerprint density at radius 1 is 1.12 bits per heavy atom. The average molecular weight is 395 g/mol. The standard InChI is InChI=1S/C17H15ClN2O3S2/c1-17(2,25(22,23)12-9-7-11(18)8-10-12)15(21)20-16-19-13-5-3-4-6-14(13)24-16/h3-10H,1-2H3,(H,19,20,21). The number of hydrogen-bond acceptors (Lipinski definition) is 5. The average Bonchev–Trinajstić information content (AvgIpc) is 2.97. The van der Waals surface area contributed by atoms with Crippen LogP contribution >= 0.6 is 22.9 Å². The van der Waals surface area contributed by atoms with Crippen molar-refractivity contribution in [1.29, 1.82) is 0 Å². The first-order valence-electron chi connectivity index (χ1n) is 7.39. The van der Waals surface area contributed by atoms with Gasteiger partial charge in [0.05, 0.1) is 15.1 Å². The number of para-hydroxylation sites is 1. The van der Waals surface area contributed by atoms with Crippen molar-refractivity contribution in [3.05, 3.63) is 53.6 Å². The van der Waals surface area contributed by atoms with Gasteiger partial charge in [-0.2, -0.15) is 0 Å². The molecule has 25 heavy (non-hydrogen) atoms. The Bertz CT molecular complexity index is 1010. The van der Waals surface area contributed by atoms with Crippen LogP contribution in [0.25, 0.3) is 10.2 Å². The molecule has 1 amide bonds. The van der Waals surface area contributed by atoms with E-state index in [4.69, 9.17) is 11.6 Å². The quantitative estimate of drug-likeness (QED) is 0.721. The lowest BCUT2D eigenvalue weighted by Crippen LogP contribution is -2.44. The molecule has 1 N–H and O–H groups in total. The number of amides is 1. The van der Waals surface area contributed by atoms with Crippen LogP contribution in [0.2, 0.25) is 5.02 Å². The minimum absolute atomic E-state index is 0.0429. The topological polar surface area (TPSA) is 76.1 Å². The van der Waals surface area contributed by atoms with E-state index in [0.717, 1.165) is 10.2 Å². The van der Waals surface area contributed by atoms with Crippen molar-refractivity contribution in [3.8, 4) is 0 Å². The van der Waals surface area contributed by atoms with Crippen LogP contribution in [0.1, 0.15) is 13.8 Å². The number of hydrogen-bond donors (Lipinski definition) is 1. The number of carbonyl (C=O) groups excluding carboxylic acids is 1. The summed E-state index contributed by atoms with van der Waals surface area (Å²) >= 11 is 7.10. The Morgan fingerprint density at radius 2 is 1.76 bits per heavy atom. The molecule has 3 rings (SSSR count). The molecule has 0 aliphatic carbocycles. The van der Waals surface area contributed by atoms with Gasteiger partial charge in [0.1, 0.15) is 4.75 Å². The third-order valence-electron chi connectivity index (χ3n) is 3.86. The largest absolute Gasteiger partial charge is 0.301 e. The van der Waals surface area contributed by atoms with Crippen molar-refractivity contribution < 1.29 is 13.2 Å². The lowest BCUT2D eigenvalue weighted by Gasteiger charge is -2.23. The zero-order chi connectivity index (χ0) is 18.2. The smallest absolute Gasteiger partial charge is 0.247 e. The maximum Gasteiger partial charge on any atom is 0.247 e. The molecule has 8 heteroatoms. The van der Waals surface area contributed by atoms with Crippen LogP contribution in [0, 0.1) is 0 Å². The summed E-state index contributed by atoms with van der Waals surface area (Å²) in [6.45, 7) is 2.75. The van der Waals surface area contributed by atoms with Crippen molar-refractivity contribution in [2.45, 2.75) is 23.5 Å². The van der Waals surface area contributed by atoms with E-state index in [1.165, 1.54) is 49.4 Å². The molecule has 0 spiro atoms. The van der Waals surface area contributed by atoms with E-state index in [1.54, 1.807) is 0 Å². The maximum absolute atomic E-state index is 12.8. The van der Waals surface area contributed by atoms with Crippen LogP contribution in [0.3, 0.4) is 0 Å². The Labute approximate surface area is 154 Å². The SMILES string of the molecule is CC(C)(C(=O)Nc1nc2ccccc2s1)S(=O)(=O)c1ccc(Cl)cc1. The summed E-state index contributed by atoms with van der Waals surface area (Å²) in [5, 5.41) is 3.41. The number of anilines is 1. The summed E-state index contributed by atoms with van der Waals surface area (Å²) in [4.78, 5) is 17.0. The van der Waals surface area contributed by atoms with Gasteiger partial charge in [-0.25, -0.2) is 13.4 Å². The Morgan fingerprint density at radius 3 is 2.40 bits per heavy atom. The zero-order valence-electron chi connectivity index (χ0n) is 13.5. The van der Waals surface area contributed by atoms with Gasteiger partial charge in [-0.05, 0) is 50.2 Å². The van der Waals surface area contributed by atoms with Crippen LogP contribution in [-0.2, 0) is 14.6 Å². The number of nitrogens with one attached hydrogen (secondary N) is 1. The maximum atomic E-state index is 12.8. The van der Waals surface area contributed by atoms with Crippen molar-refractivity contribution in [1.82, 2.24) is 4.98 Å². The van der Waals surface area contributed by atoms with Crippen LogP contribution in [0.4, 0.5) is 5.13 Å². The van der Waals surface area contributed by atoms with Crippen molar-refractivity contribution in [3.63, 3.8) is 0 Å². The Kier molecular flexibility index (Phi) is 4.57. The highest BCUT2D eigenvalue weighted by Crippen LogP contribution is 2.30. The molecular formula is C17H15ClN2O3S2. The van der Waals surface area contributed by atoms with E-state index in [9.17, 15) is 13.2 Å². The summed E-state index contributed by atoms with van der Waals surface area (Å²) in [6, 6.07) is 13.2. The molecule has 0 saturated heterocycles. The Balaban J connectivity index is 1.90. The van der Waals surface area contributed by atoms with Gasteiger partial charge in [0.15, 0.2) is 15.0 Å². The van der Waals surface area contributed by atoms with E-state index in [0.29, 0.717) is 10.2 Å². The molecule has 0 atom stereocenters. The second-order valence-corrected chi connectivity index (χ2v) is 9.87.